The number of rotatable bonds is 3. The van der Waals surface area contributed by atoms with E-state index in [9.17, 15) is 8.78 Å². The molecule has 1 N–H and O–H groups in total. The molecule has 1 aromatic carbocycles. The summed E-state index contributed by atoms with van der Waals surface area (Å²) in [5.74, 6) is -1.21. The van der Waals surface area contributed by atoms with E-state index in [0.717, 1.165) is 6.07 Å². The standard InChI is InChI=1S/C12H10BrF2NO/c13-9-4-10(14)11(15)12-8(9)3-7(17-12)5-16-6-1-2-6/h3-4,6,16H,1-2,5H2. The van der Waals surface area contributed by atoms with Crippen molar-refractivity contribution < 1.29 is 13.2 Å². The van der Waals surface area contributed by atoms with Crippen molar-refractivity contribution in [3.63, 3.8) is 0 Å². The molecule has 1 aromatic heterocycles. The van der Waals surface area contributed by atoms with Crippen LogP contribution >= 0.6 is 15.9 Å². The van der Waals surface area contributed by atoms with E-state index < -0.39 is 11.6 Å². The molecule has 0 atom stereocenters. The first-order valence-electron chi connectivity index (χ1n) is 5.44. The summed E-state index contributed by atoms with van der Waals surface area (Å²) in [7, 11) is 0. The van der Waals surface area contributed by atoms with Crippen LogP contribution in [0.25, 0.3) is 11.0 Å². The molecule has 2 aromatic rings. The number of hydrogen-bond acceptors (Lipinski definition) is 2. The highest BCUT2D eigenvalue weighted by atomic mass is 79.9. The van der Waals surface area contributed by atoms with Gasteiger partial charge < -0.3 is 9.73 Å². The second kappa shape index (κ2) is 4.07. The van der Waals surface area contributed by atoms with Crippen molar-refractivity contribution in [3.05, 3.63) is 34.0 Å². The minimum absolute atomic E-state index is 0.0236. The summed E-state index contributed by atoms with van der Waals surface area (Å²) < 4.78 is 32.5. The van der Waals surface area contributed by atoms with Crippen LogP contribution in [0.5, 0.6) is 0 Å². The van der Waals surface area contributed by atoms with Crippen molar-refractivity contribution in [3.8, 4) is 0 Å². The molecule has 1 saturated carbocycles. The van der Waals surface area contributed by atoms with E-state index in [0.29, 0.717) is 28.2 Å². The van der Waals surface area contributed by atoms with Gasteiger partial charge in [-0.1, -0.05) is 0 Å². The van der Waals surface area contributed by atoms with Crippen LogP contribution in [0, 0.1) is 11.6 Å². The van der Waals surface area contributed by atoms with Gasteiger partial charge in [-0.2, -0.15) is 4.39 Å². The average molecular weight is 302 g/mol. The van der Waals surface area contributed by atoms with Crippen LogP contribution in [0.1, 0.15) is 18.6 Å². The smallest absolute Gasteiger partial charge is 0.201 e. The molecular formula is C12H10BrF2NO. The third-order valence-electron chi connectivity index (χ3n) is 2.85. The fourth-order valence-electron chi connectivity index (χ4n) is 1.76. The lowest BCUT2D eigenvalue weighted by molar-refractivity contribution is 0.468. The van der Waals surface area contributed by atoms with Gasteiger partial charge in [0.2, 0.25) is 5.82 Å². The van der Waals surface area contributed by atoms with Crippen LogP contribution in [0.15, 0.2) is 21.0 Å². The molecule has 0 unspecified atom stereocenters. The molecular weight excluding hydrogens is 292 g/mol. The fourth-order valence-corrected chi connectivity index (χ4v) is 2.26. The van der Waals surface area contributed by atoms with Crippen LogP contribution in [-0.4, -0.2) is 6.04 Å². The molecule has 0 spiro atoms. The Balaban J connectivity index is 1.98. The summed E-state index contributed by atoms with van der Waals surface area (Å²) in [6.07, 6.45) is 2.35. The molecule has 1 heterocycles. The molecule has 0 amide bonds. The van der Waals surface area contributed by atoms with Gasteiger partial charge in [0.15, 0.2) is 11.4 Å². The summed E-state index contributed by atoms with van der Waals surface area (Å²) in [6, 6.07) is 3.40. The third kappa shape index (κ3) is 2.09. The predicted molar refractivity (Wildman–Crippen MR) is 63.7 cm³/mol. The number of halogens is 3. The molecule has 3 rings (SSSR count). The highest BCUT2D eigenvalue weighted by Gasteiger charge is 2.21. The van der Waals surface area contributed by atoms with Gasteiger partial charge in [-0.05, 0) is 40.9 Å². The van der Waals surface area contributed by atoms with Crippen LogP contribution < -0.4 is 5.32 Å². The van der Waals surface area contributed by atoms with E-state index in [1.54, 1.807) is 6.07 Å². The molecule has 17 heavy (non-hydrogen) atoms. The number of hydrogen-bond donors (Lipinski definition) is 1. The van der Waals surface area contributed by atoms with E-state index in [2.05, 4.69) is 21.2 Å². The normalized spacial score (nSPS) is 15.7. The first-order chi connectivity index (χ1) is 8.15. The van der Waals surface area contributed by atoms with Gasteiger partial charge >= 0.3 is 0 Å². The third-order valence-corrected chi connectivity index (χ3v) is 3.50. The topological polar surface area (TPSA) is 25.2 Å². The predicted octanol–water partition coefficient (Wildman–Crippen LogP) is 3.73. The van der Waals surface area contributed by atoms with E-state index in [4.69, 9.17) is 4.42 Å². The Kier molecular flexibility index (Phi) is 2.67. The maximum absolute atomic E-state index is 13.5. The molecule has 0 saturated heterocycles. The lowest BCUT2D eigenvalue weighted by Crippen LogP contribution is -2.14. The van der Waals surface area contributed by atoms with Gasteiger partial charge in [-0.25, -0.2) is 4.39 Å². The Bertz CT molecular complexity index is 577. The van der Waals surface area contributed by atoms with Gasteiger partial charge in [-0.3, -0.25) is 0 Å². The molecule has 5 heteroatoms. The van der Waals surface area contributed by atoms with Crippen LogP contribution in [0.4, 0.5) is 8.78 Å². The zero-order chi connectivity index (χ0) is 12.0. The molecule has 1 aliphatic carbocycles. The number of fused-ring (bicyclic) bond motifs is 1. The molecule has 2 nitrogen and oxygen atoms in total. The second-order valence-electron chi connectivity index (χ2n) is 4.26. The summed E-state index contributed by atoms with van der Waals surface area (Å²) >= 11 is 3.20. The van der Waals surface area contributed by atoms with Gasteiger partial charge in [0.1, 0.15) is 5.76 Å². The summed E-state index contributed by atoms with van der Waals surface area (Å²) in [5, 5.41) is 3.83. The Hall–Kier alpha value is -0.940. The number of furan rings is 1. The summed E-state index contributed by atoms with van der Waals surface area (Å²) in [4.78, 5) is 0. The van der Waals surface area contributed by atoms with Crippen LogP contribution in [0.2, 0.25) is 0 Å². The van der Waals surface area contributed by atoms with Crippen LogP contribution in [-0.2, 0) is 6.54 Å². The molecule has 0 aliphatic heterocycles. The first-order valence-corrected chi connectivity index (χ1v) is 6.24. The molecule has 90 valence electrons. The maximum atomic E-state index is 13.5. The largest absolute Gasteiger partial charge is 0.456 e. The minimum Gasteiger partial charge on any atom is -0.456 e. The zero-order valence-electron chi connectivity index (χ0n) is 8.90. The van der Waals surface area contributed by atoms with Crippen molar-refractivity contribution in [2.24, 2.45) is 0 Å². The molecule has 0 bridgehead atoms. The SMILES string of the molecule is Fc1cc(Br)c2cc(CNC3CC3)oc2c1F. The summed E-state index contributed by atoms with van der Waals surface area (Å²) in [5.41, 5.74) is -0.0236. The van der Waals surface area contributed by atoms with Crippen molar-refractivity contribution in [1.29, 1.82) is 0 Å². The van der Waals surface area contributed by atoms with Gasteiger partial charge in [0, 0.05) is 15.9 Å². The molecule has 1 fully saturated rings. The fraction of sp³-hybridized carbons (Fsp3) is 0.333. The lowest BCUT2D eigenvalue weighted by Gasteiger charge is -1.97. The minimum atomic E-state index is -0.930. The van der Waals surface area contributed by atoms with Crippen molar-refractivity contribution in [1.82, 2.24) is 5.32 Å². The van der Waals surface area contributed by atoms with Crippen molar-refractivity contribution in [2.45, 2.75) is 25.4 Å². The van der Waals surface area contributed by atoms with Crippen molar-refractivity contribution in [2.75, 3.05) is 0 Å². The Morgan fingerprint density at radius 3 is 2.82 bits per heavy atom. The lowest BCUT2D eigenvalue weighted by atomic mass is 10.2. The first kappa shape index (κ1) is 11.2. The molecule has 1 aliphatic rings. The highest BCUT2D eigenvalue weighted by Crippen LogP contribution is 2.31. The average Bonchev–Trinajstić information content (AvgIpc) is 3.02. The van der Waals surface area contributed by atoms with Gasteiger partial charge in [-0.15, -0.1) is 0 Å². The quantitative estimate of drug-likeness (QED) is 0.874. The van der Waals surface area contributed by atoms with Gasteiger partial charge in [0.25, 0.3) is 0 Å². The second-order valence-corrected chi connectivity index (χ2v) is 5.12. The highest BCUT2D eigenvalue weighted by molar-refractivity contribution is 9.10. The zero-order valence-corrected chi connectivity index (χ0v) is 10.5. The summed E-state index contributed by atoms with van der Waals surface area (Å²) in [6.45, 7) is 0.548. The monoisotopic (exact) mass is 301 g/mol. The molecule has 0 radical (unpaired) electrons. The van der Waals surface area contributed by atoms with Crippen LogP contribution in [0.3, 0.4) is 0 Å². The van der Waals surface area contributed by atoms with E-state index in [1.165, 1.54) is 12.8 Å². The van der Waals surface area contributed by atoms with E-state index in [-0.39, 0.29) is 5.58 Å². The van der Waals surface area contributed by atoms with Gasteiger partial charge in [0.05, 0.1) is 6.54 Å². The van der Waals surface area contributed by atoms with E-state index >= 15 is 0 Å². The Morgan fingerprint density at radius 1 is 1.35 bits per heavy atom. The number of benzene rings is 1. The van der Waals surface area contributed by atoms with Crippen molar-refractivity contribution >= 4 is 26.9 Å². The maximum Gasteiger partial charge on any atom is 0.201 e. The Morgan fingerprint density at radius 2 is 2.12 bits per heavy atom. The van der Waals surface area contributed by atoms with E-state index in [1.807, 2.05) is 0 Å². The number of nitrogens with one attached hydrogen (secondary N) is 1. The Labute approximate surface area is 105 Å².